The largest absolute Gasteiger partial charge is 0.508 e. The smallest absolute Gasteiger partial charge is 0.246 e. The first-order valence-electron chi connectivity index (χ1n) is 35.7. The van der Waals surface area contributed by atoms with Crippen molar-refractivity contribution < 1.29 is 67.7 Å². The van der Waals surface area contributed by atoms with E-state index in [1.165, 1.54) is 32.9 Å². The van der Waals surface area contributed by atoms with E-state index in [2.05, 4.69) is 58.7 Å². The highest BCUT2D eigenvalue weighted by Crippen LogP contribution is 2.23. The maximum absolute atomic E-state index is 14.7. The number of rotatable bonds is 23. The number of benzene rings is 3. The van der Waals surface area contributed by atoms with Gasteiger partial charge in [-0.25, -0.2) is 27.1 Å². The number of carbonyl (C=O) groups excluding carboxylic acids is 12. The number of phenolic OH excluding ortho intramolecular Hbond substituents is 1. The number of H-pyrrole nitrogens is 1. The van der Waals surface area contributed by atoms with Crippen LogP contribution in [-0.2, 0) is 76.8 Å². The molecule has 0 spiro atoms. The van der Waals surface area contributed by atoms with Crippen molar-refractivity contribution >= 4 is 80.7 Å². The molecule has 0 saturated carbocycles. The van der Waals surface area contributed by atoms with Crippen LogP contribution in [0.25, 0.3) is 10.9 Å². The van der Waals surface area contributed by atoms with Gasteiger partial charge >= 0.3 is 0 Å². The summed E-state index contributed by atoms with van der Waals surface area (Å²) in [4.78, 5) is 169. The number of aliphatic hydroxyl groups is 1. The molecule has 0 aliphatic carbocycles. The number of aromatic amines is 1. The normalized spacial score (nSPS) is 24.2. The summed E-state index contributed by atoms with van der Waals surface area (Å²) in [5.74, 6) is -1.67. The van der Waals surface area contributed by atoms with Gasteiger partial charge in [0.25, 0.3) is 0 Å². The average molecular weight is 1430 g/mol. The number of allylic oxidation sites excluding steroid dienone is 2. The van der Waals surface area contributed by atoms with E-state index in [1.807, 2.05) is 80.6 Å². The second kappa shape index (κ2) is 43.1. The Labute approximate surface area is 603 Å². The molecule has 5 rings (SSSR count). The Morgan fingerprint density at radius 2 is 1.23 bits per heavy atom. The number of nitrogens with one attached hydrogen (secondary N) is 11. The van der Waals surface area contributed by atoms with Gasteiger partial charge in [0, 0.05) is 23.5 Å². The molecule has 103 heavy (non-hydrogen) atoms. The third-order valence-corrected chi connectivity index (χ3v) is 18.8. The van der Waals surface area contributed by atoms with Crippen LogP contribution in [0.5, 0.6) is 5.75 Å². The van der Waals surface area contributed by atoms with Gasteiger partial charge in [0.05, 0.1) is 93.3 Å². The highest BCUT2D eigenvalue weighted by atomic mass is 16.3. The monoisotopic (exact) mass is 1430 g/mol. The molecule has 1 aliphatic heterocycles. The van der Waals surface area contributed by atoms with Crippen molar-refractivity contribution in [2.75, 3.05) is 26.2 Å². The van der Waals surface area contributed by atoms with Gasteiger partial charge in [0.15, 0.2) is 52.0 Å². The number of hydrogen-bond acceptors (Lipinski definition) is 24. The number of Topliss-reactive ketones (excluding diaryl/α,β-unsaturated/α-hetero) is 9. The van der Waals surface area contributed by atoms with Gasteiger partial charge < -0.3 is 53.2 Å². The number of para-hydroxylation sites is 1. The van der Waals surface area contributed by atoms with Crippen molar-refractivity contribution in [1.29, 1.82) is 0 Å². The number of fused-ring (bicyclic) bond motifs is 1. The zero-order valence-electron chi connectivity index (χ0n) is 60.6. The summed E-state index contributed by atoms with van der Waals surface area (Å²) in [6.07, 6.45) is 8.63. The lowest BCUT2D eigenvalue weighted by Crippen LogP contribution is -2.64. The lowest BCUT2D eigenvalue weighted by molar-refractivity contribution is -0.137. The predicted octanol–water partition coefficient (Wildman–Crippen LogP) is 2.08. The fourth-order valence-electron chi connectivity index (χ4n) is 11.8. The molecule has 4 aromatic rings. The molecule has 1 aromatic heterocycles. The Bertz CT molecular complexity index is 3530. The number of amides is 3. The molecular weight excluding hydrogens is 1320 g/mol. The van der Waals surface area contributed by atoms with E-state index in [1.54, 1.807) is 32.2 Å². The Morgan fingerprint density at radius 1 is 0.641 bits per heavy atom. The van der Waals surface area contributed by atoms with Crippen LogP contribution in [-0.4, -0.2) is 177 Å². The van der Waals surface area contributed by atoms with Gasteiger partial charge in [-0.05, 0) is 146 Å². The number of phenols is 1. The van der Waals surface area contributed by atoms with Crippen LogP contribution in [0.4, 0.5) is 0 Å². The fraction of sp³-hybridized carbons (Fsp3) is 0.547. The Hall–Kier alpha value is -8.26. The standard InChI is InChI=1S/C75H110N14O14/c1-46(2)34-60-72(102)84-75(7,73(103)83-61(45-90)66(96)39-63(93)48(4)80-43-68(98)57(85-78)35-50-22-16-15-17-23-50)33-21-14-12-10-8-9-11-13-20-32-74(6,77)70(100)40-64(94)49(5)81-44-69(99)58(36-51-26-28-53(91)29-27-51)87-88-59(37-52-41-82-55-25-19-18-24-54(52)55)65(95)38-62(92)47(3)79-42-67(97)56(86-89-60)30-31-71(76)101/h10,12,15-19,22-29,41,46-49,56-61,79-82,85-91H,8-9,11,13-14,20-21,30-40,42-45,77-78H2,1-7H3,(H2,76,101)(H,83,103)(H,84,102)/t47-,48-,49-,56-,57-,58-,59-,60-,61-,74+,75-/m0/s1. The lowest BCUT2D eigenvalue weighted by atomic mass is 9.87. The minimum Gasteiger partial charge on any atom is -0.508 e. The highest BCUT2D eigenvalue weighted by molar-refractivity contribution is 6.07. The van der Waals surface area contributed by atoms with E-state index >= 15 is 0 Å². The van der Waals surface area contributed by atoms with E-state index < -0.39 is 162 Å². The molecule has 19 N–H and O–H groups in total. The van der Waals surface area contributed by atoms with E-state index in [0.29, 0.717) is 43.2 Å². The summed E-state index contributed by atoms with van der Waals surface area (Å²) in [6, 6.07) is 12.8. The third kappa shape index (κ3) is 29.1. The topological polar surface area (TPSA) is 459 Å². The molecule has 564 valence electrons. The van der Waals surface area contributed by atoms with Gasteiger partial charge in [-0.1, -0.05) is 106 Å². The Morgan fingerprint density at radius 3 is 1.87 bits per heavy atom. The number of hydrazine groups is 3. The van der Waals surface area contributed by atoms with Crippen molar-refractivity contribution in [3.63, 3.8) is 0 Å². The molecule has 11 atom stereocenters. The zero-order valence-corrected chi connectivity index (χ0v) is 60.6. The number of ketones is 9. The lowest BCUT2D eigenvalue weighted by Gasteiger charge is -2.33. The van der Waals surface area contributed by atoms with Gasteiger partial charge in [0.2, 0.25) is 17.7 Å². The van der Waals surface area contributed by atoms with Gasteiger partial charge in [-0.15, -0.1) is 0 Å². The summed E-state index contributed by atoms with van der Waals surface area (Å²) in [5.41, 5.74) is 26.5. The number of hydrogen-bond donors (Lipinski definition) is 16. The van der Waals surface area contributed by atoms with Crippen LogP contribution >= 0.6 is 0 Å². The van der Waals surface area contributed by atoms with Crippen molar-refractivity contribution in [2.45, 2.75) is 229 Å². The summed E-state index contributed by atoms with van der Waals surface area (Å²) in [5, 5.41) is 35.6. The highest BCUT2D eigenvalue weighted by Gasteiger charge is 2.40. The number of aromatic nitrogens is 1. The molecule has 0 saturated heterocycles. The van der Waals surface area contributed by atoms with Crippen LogP contribution in [0.3, 0.4) is 0 Å². The van der Waals surface area contributed by atoms with E-state index in [4.69, 9.17) is 17.3 Å². The molecular formula is C75H110N14O14. The second-order valence-electron chi connectivity index (χ2n) is 28.0. The van der Waals surface area contributed by atoms with E-state index in [-0.39, 0.29) is 75.5 Å². The molecule has 1 aliphatic rings. The van der Waals surface area contributed by atoms with Gasteiger partial charge in [0.1, 0.15) is 23.4 Å². The van der Waals surface area contributed by atoms with Crippen LogP contribution in [0, 0.1) is 5.92 Å². The number of aromatic hydroxyl groups is 1. The molecule has 0 fully saturated rings. The quantitative estimate of drug-likeness (QED) is 0.0219. The maximum atomic E-state index is 14.7. The third-order valence-electron chi connectivity index (χ3n) is 18.8. The minimum absolute atomic E-state index is 0.00396. The molecule has 3 amide bonds. The number of carbonyl (C=O) groups is 12. The average Bonchev–Trinajstić information content (AvgIpc) is 1.81. The van der Waals surface area contributed by atoms with Gasteiger partial charge in [-0.3, -0.25) is 63.4 Å². The van der Waals surface area contributed by atoms with Crippen LogP contribution in [0.1, 0.15) is 161 Å². The molecule has 0 unspecified atom stereocenters. The van der Waals surface area contributed by atoms with Gasteiger partial charge in [-0.2, -0.15) is 0 Å². The Kier molecular flexibility index (Phi) is 35.7. The summed E-state index contributed by atoms with van der Waals surface area (Å²) >= 11 is 0. The summed E-state index contributed by atoms with van der Waals surface area (Å²) < 4.78 is 0. The first-order chi connectivity index (χ1) is 48.9. The molecule has 2 heterocycles. The zero-order chi connectivity index (χ0) is 75.8. The number of aliphatic hydroxyl groups excluding tert-OH is 1. The van der Waals surface area contributed by atoms with E-state index in [0.717, 1.165) is 35.7 Å². The van der Waals surface area contributed by atoms with E-state index in [9.17, 15) is 67.7 Å². The summed E-state index contributed by atoms with van der Waals surface area (Å²) in [7, 11) is 0. The summed E-state index contributed by atoms with van der Waals surface area (Å²) in [6.45, 7) is 9.26. The Balaban J connectivity index is 1.38. The van der Waals surface area contributed by atoms with Crippen LogP contribution in [0.2, 0.25) is 0 Å². The van der Waals surface area contributed by atoms with Crippen molar-refractivity contribution in [2.24, 2.45) is 23.2 Å². The van der Waals surface area contributed by atoms with Crippen molar-refractivity contribution in [3.8, 4) is 5.75 Å². The molecule has 3 aromatic carbocycles. The maximum Gasteiger partial charge on any atom is 0.246 e. The van der Waals surface area contributed by atoms with Crippen molar-refractivity contribution in [1.82, 2.24) is 58.7 Å². The first kappa shape index (κ1) is 85.4. The SMILES string of the molecule is CC(C)C[C@@H]1NN[C@@H](CCC(N)=O)C(=O)CN[C@@H](C)C(=O)CC(=O)[C@H](Cc2c[nH]c3ccccc23)NN[C@@H](Cc2ccc(O)cc2)C(=O)CN[C@@H](C)C(=O)CC(=O)[C@](C)(N)CCCCCCC=CCCC[C@@](C)(C(=O)N[C@@H](CO)C(=O)CC(=O)[C@H](C)NCC(=O)[C@H](Cc2ccccc2)NN)NC1=O. The molecule has 28 heteroatoms. The molecule has 0 radical (unpaired) electrons. The predicted molar refractivity (Wildman–Crippen MR) is 391 cm³/mol. The molecule has 0 bridgehead atoms. The fourth-order valence-corrected chi connectivity index (χ4v) is 11.8. The minimum atomic E-state index is -1.77. The van der Waals surface area contributed by atoms with Crippen LogP contribution < -0.4 is 71.0 Å². The second-order valence-corrected chi connectivity index (χ2v) is 28.0. The first-order valence-corrected chi connectivity index (χ1v) is 35.7. The number of primary amides is 1. The molecule has 28 nitrogen and oxygen atoms in total. The number of nitrogens with two attached hydrogens (primary N) is 3. The van der Waals surface area contributed by atoms with Crippen LogP contribution in [0.15, 0.2) is 97.2 Å². The van der Waals surface area contributed by atoms with Crippen molar-refractivity contribution in [3.05, 3.63) is 114 Å².